The van der Waals surface area contributed by atoms with Crippen LogP contribution in [0.2, 0.25) is 0 Å². The monoisotopic (exact) mass is 355 g/mol. The second kappa shape index (κ2) is 5.91. The van der Waals surface area contributed by atoms with Gasteiger partial charge in [-0.3, -0.25) is 9.69 Å². The first-order valence-electron chi connectivity index (χ1n) is 9.35. The summed E-state index contributed by atoms with van der Waals surface area (Å²) in [6.07, 6.45) is 2.28. The third kappa shape index (κ3) is 2.39. The standard InChI is InChI=1S/C20H22FN3O2/c1-12-10-17(22-26-12)20(25)24-11-16(13-2-4-15(21)5-3-13)19-18(24)14-6-8-23(19)9-7-14/h2-5,10,14,16,18-19H,6-9,11H2,1H3/t16-,18+,19+/m0/s1. The van der Waals surface area contributed by atoms with Gasteiger partial charge in [-0.1, -0.05) is 17.3 Å². The molecule has 26 heavy (non-hydrogen) atoms. The van der Waals surface area contributed by atoms with Crippen LogP contribution in [0.4, 0.5) is 4.39 Å². The molecule has 0 saturated carbocycles. The van der Waals surface area contributed by atoms with Crippen LogP contribution in [-0.2, 0) is 0 Å². The van der Waals surface area contributed by atoms with Crippen molar-refractivity contribution < 1.29 is 13.7 Å². The molecule has 0 aliphatic carbocycles. The summed E-state index contributed by atoms with van der Waals surface area (Å²) in [6.45, 7) is 4.63. The van der Waals surface area contributed by atoms with E-state index in [2.05, 4.69) is 10.1 Å². The number of hydrogen-bond acceptors (Lipinski definition) is 4. The topological polar surface area (TPSA) is 49.6 Å². The highest BCUT2D eigenvalue weighted by Gasteiger charge is 2.54. The molecule has 0 spiro atoms. The maximum atomic E-state index is 13.4. The number of amides is 1. The summed E-state index contributed by atoms with van der Waals surface area (Å²) in [5.41, 5.74) is 1.50. The van der Waals surface area contributed by atoms with Gasteiger partial charge in [-0.2, -0.15) is 0 Å². The lowest BCUT2D eigenvalue weighted by molar-refractivity contribution is -0.00369. The Bertz CT molecular complexity index is 826. The zero-order valence-corrected chi connectivity index (χ0v) is 14.8. The van der Waals surface area contributed by atoms with Gasteiger partial charge in [0.25, 0.3) is 5.91 Å². The number of carbonyl (C=O) groups is 1. The Morgan fingerprint density at radius 2 is 1.92 bits per heavy atom. The number of nitrogens with zero attached hydrogens (tertiary/aromatic N) is 3. The number of piperidine rings is 3. The van der Waals surface area contributed by atoms with Crippen LogP contribution in [-0.4, -0.2) is 52.6 Å². The maximum Gasteiger partial charge on any atom is 0.276 e. The number of aryl methyl sites for hydroxylation is 1. The summed E-state index contributed by atoms with van der Waals surface area (Å²) < 4.78 is 18.5. The quantitative estimate of drug-likeness (QED) is 0.831. The first-order chi connectivity index (χ1) is 12.6. The minimum atomic E-state index is -0.222. The van der Waals surface area contributed by atoms with Crippen molar-refractivity contribution in [3.05, 3.63) is 53.2 Å². The van der Waals surface area contributed by atoms with Gasteiger partial charge in [0.05, 0.1) is 6.04 Å². The minimum Gasteiger partial charge on any atom is -0.361 e. The lowest BCUT2D eigenvalue weighted by Gasteiger charge is -2.51. The van der Waals surface area contributed by atoms with E-state index >= 15 is 0 Å². The van der Waals surface area contributed by atoms with Crippen molar-refractivity contribution in [3.63, 3.8) is 0 Å². The smallest absolute Gasteiger partial charge is 0.276 e. The molecular formula is C20H22FN3O2. The highest BCUT2D eigenvalue weighted by molar-refractivity contribution is 5.93. The minimum absolute atomic E-state index is 0.0461. The van der Waals surface area contributed by atoms with Crippen molar-refractivity contribution in [3.8, 4) is 0 Å². The zero-order valence-electron chi connectivity index (χ0n) is 14.8. The van der Waals surface area contributed by atoms with Crippen LogP contribution in [0.3, 0.4) is 0 Å². The van der Waals surface area contributed by atoms with E-state index in [9.17, 15) is 9.18 Å². The van der Waals surface area contributed by atoms with Gasteiger partial charge in [-0.05, 0) is 56.5 Å². The third-order valence-corrected chi connectivity index (χ3v) is 6.40. The van der Waals surface area contributed by atoms with Crippen LogP contribution in [0.5, 0.6) is 0 Å². The van der Waals surface area contributed by atoms with Crippen molar-refractivity contribution in [1.82, 2.24) is 15.0 Å². The lowest BCUT2D eigenvalue weighted by atomic mass is 9.75. The van der Waals surface area contributed by atoms with Crippen molar-refractivity contribution in [2.24, 2.45) is 5.92 Å². The highest BCUT2D eigenvalue weighted by atomic mass is 19.1. The predicted octanol–water partition coefficient (Wildman–Crippen LogP) is 2.82. The molecule has 4 aliphatic heterocycles. The summed E-state index contributed by atoms with van der Waals surface area (Å²) in [6, 6.07) is 9.01. The number of likely N-dealkylation sites (tertiary alicyclic amines) is 1. The average Bonchev–Trinajstić information content (AvgIpc) is 3.28. The number of rotatable bonds is 2. The Hall–Kier alpha value is -2.21. The molecule has 1 aromatic heterocycles. The molecule has 6 heteroatoms. The average molecular weight is 355 g/mol. The number of benzene rings is 1. The molecule has 136 valence electrons. The fourth-order valence-electron chi connectivity index (χ4n) is 5.27. The highest BCUT2D eigenvalue weighted by Crippen LogP contribution is 2.46. The van der Waals surface area contributed by atoms with Crippen LogP contribution in [0.25, 0.3) is 0 Å². The molecule has 4 saturated heterocycles. The lowest BCUT2D eigenvalue weighted by Crippen LogP contribution is -2.60. The Kier molecular flexibility index (Phi) is 3.64. The molecule has 2 aromatic rings. The van der Waals surface area contributed by atoms with Crippen LogP contribution in [0.1, 0.15) is 40.6 Å². The van der Waals surface area contributed by atoms with Gasteiger partial charge in [0.15, 0.2) is 5.69 Å². The van der Waals surface area contributed by atoms with Crippen LogP contribution in [0.15, 0.2) is 34.9 Å². The molecule has 5 heterocycles. The van der Waals surface area contributed by atoms with Gasteiger partial charge in [-0.25, -0.2) is 4.39 Å². The van der Waals surface area contributed by atoms with Crippen molar-refractivity contribution in [2.45, 2.75) is 37.8 Å². The largest absolute Gasteiger partial charge is 0.361 e. The normalized spacial score (nSPS) is 32.7. The molecule has 0 radical (unpaired) electrons. The van der Waals surface area contributed by atoms with E-state index in [0.29, 0.717) is 30.0 Å². The molecule has 4 fully saturated rings. The second-order valence-corrected chi connectivity index (χ2v) is 7.79. The Morgan fingerprint density at radius 1 is 1.19 bits per heavy atom. The van der Waals surface area contributed by atoms with Gasteiger partial charge in [0, 0.05) is 24.6 Å². The summed E-state index contributed by atoms with van der Waals surface area (Å²) in [7, 11) is 0. The molecule has 4 aliphatic rings. The number of fused-ring (bicyclic) bond motifs is 2. The number of halogens is 1. The van der Waals surface area contributed by atoms with Gasteiger partial charge in [0.1, 0.15) is 11.6 Å². The van der Waals surface area contributed by atoms with Crippen molar-refractivity contribution in [1.29, 1.82) is 0 Å². The SMILES string of the molecule is Cc1cc(C(=O)N2C[C@@H](c3ccc(F)cc3)[C@@H]3[C@H]2C2CCN3CC2)no1. The second-order valence-electron chi connectivity index (χ2n) is 7.79. The summed E-state index contributed by atoms with van der Waals surface area (Å²) in [5, 5.41) is 3.94. The van der Waals surface area contributed by atoms with Crippen LogP contribution >= 0.6 is 0 Å². The van der Waals surface area contributed by atoms with E-state index in [4.69, 9.17) is 4.52 Å². The van der Waals surface area contributed by atoms with Gasteiger partial charge in [0.2, 0.25) is 0 Å². The molecule has 5 nitrogen and oxygen atoms in total. The molecule has 6 rings (SSSR count). The van der Waals surface area contributed by atoms with Gasteiger partial charge < -0.3 is 9.42 Å². The number of hydrogen-bond donors (Lipinski definition) is 0. The number of aromatic nitrogens is 1. The van der Waals surface area contributed by atoms with E-state index in [-0.39, 0.29) is 23.7 Å². The van der Waals surface area contributed by atoms with E-state index in [0.717, 1.165) is 31.5 Å². The first-order valence-corrected chi connectivity index (χ1v) is 9.35. The van der Waals surface area contributed by atoms with Crippen molar-refractivity contribution >= 4 is 5.91 Å². The molecule has 1 aromatic carbocycles. The predicted molar refractivity (Wildman–Crippen MR) is 93.3 cm³/mol. The van der Waals surface area contributed by atoms with Gasteiger partial charge >= 0.3 is 0 Å². The fourth-order valence-corrected chi connectivity index (χ4v) is 5.27. The molecule has 0 N–H and O–H groups in total. The van der Waals surface area contributed by atoms with E-state index in [1.165, 1.54) is 12.1 Å². The van der Waals surface area contributed by atoms with E-state index < -0.39 is 0 Å². The summed E-state index contributed by atoms with van der Waals surface area (Å²) >= 11 is 0. The van der Waals surface area contributed by atoms with Crippen molar-refractivity contribution in [2.75, 3.05) is 19.6 Å². The van der Waals surface area contributed by atoms with E-state index in [1.54, 1.807) is 13.0 Å². The molecule has 3 atom stereocenters. The molecule has 1 amide bonds. The van der Waals surface area contributed by atoms with Gasteiger partial charge in [-0.15, -0.1) is 0 Å². The maximum absolute atomic E-state index is 13.4. The Balaban J connectivity index is 1.52. The fraction of sp³-hybridized carbons (Fsp3) is 0.500. The summed E-state index contributed by atoms with van der Waals surface area (Å²) in [5.74, 6) is 1.12. The number of carbonyl (C=O) groups excluding carboxylic acids is 1. The molecular weight excluding hydrogens is 333 g/mol. The van der Waals surface area contributed by atoms with E-state index in [1.807, 2.05) is 17.0 Å². The molecule has 0 unspecified atom stereocenters. The Morgan fingerprint density at radius 3 is 2.58 bits per heavy atom. The Labute approximate surface area is 151 Å². The van der Waals surface area contributed by atoms with Crippen LogP contribution in [0, 0.1) is 18.7 Å². The first kappa shape index (κ1) is 16.0. The third-order valence-electron chi connectivity index (χ3n) is 6.40. The zero-order chi connectivity index (χ0) is 17.8. The summed E-state index contributed by atoms with van der Waals surface area (Å²) in [4.78, 5) is 17.7. The molecule has 2 bridgehead atoms. The van der Waals surface area contributed by atoms with Crippen LogP contribution < -0.4 is 0 Å².